The van der Waals surface area contributed by atoms with Crippen LogP contribution in [-0.4, -0.2) is 30.1 Å². The maximum absolute atomic E-state index is 11.6. The average molecular weight is 239 g/mol. The van der Waals surface area contributed by atoms with Crippen molar-refractivity contribution in [3.05, 3.63) is 24.2 Å². The van der Waals surface area contributed by atoms with Crippen molar-refractivity contribution >= 4 is 5.78 Å². The van der Waals surface area contributed by atoms with Gasteiger partial charge in [0.15, 0.2) is 11.5 Å². The first-order valence-corrected chi connectivity index (χ1v) is 5.86. The summed E-state index contributed by atoms with van der Waals surface area (Å²) in [6, 6.07) is 3.36. The third-order valence-electron chi connectivity index (χ3n) is 2.77. The highest BCUT2D eigenvalue weighted by molar-refractivity contribution is 5.93. The predicted molar refractivity (Wildman–Crippen MR) is 66.0 cm³/mol. The number of carbonyl (C=O) groups is 1. The van der Waals surface area contributed by atoms with Gasteiger partial charge in [-0.2, -0.15) is 0 Å². The van der Waals surface area contributed by atoms with Gasteiger partial charge in [-0.1, -0.05) is 20.8 Å². The molecule has 0 aliphatic rings. The number of aliphatic hydroxyl groups excluding tert-OH is 1. The second-order valence-corrected chi connectivity index (χ2v) is 5.21. The molecule has 0 bridgehead atoms. The Balaban J connectivity index is 2.35. The zero-order valence-corrected chi connectivity index (χ0v) is 10.7. The number of Topliss-reactive ketones (excluding diaryl/α,β-unsaturated/α-hetero) is 1. The van der Waals surface area contributed by atoms with Crippen LogP contribution in [0.15, 0.2) is 22.8 Å². The number of rotatable bonds is 6. The first kappa shape index (κ1) is 13.9. The van der Waals surface area contributed by atoms with E-state index in [1.54, 1.807) is 12.1 Å². The Kier molecular flexibility index (Phi) is 4.90. The molecule has 2 N–H and O–H groups in total. The summed E-state index contributed by atoms with van der Waals surface area (Å²) in [6.45, 7) is 6.76. The molecule has 0 aromatic carbocycles. The number of hydrogen-bond donors (Lipinski definition) is 2. The highest BCUT2D eigenvalue weighted by Crippen LogP contribution is 2.18. The summed E-state index contributed by atoms with van der Waals surface area (Å²) in [6.07, 6.45) is 1.87. The highest BCUT2D eigenvalue weighted by Gasteiger charge is 2.23. The smallest absolute Gasteiger partial charge is 0.199 e. The summed E-state index contributed by atoms with van der Waals surface area (Å²) in [5, 5.41) is 12.4. The molecule has 17 heavy (non-hydrogen) atoms. The van der Waals surface area contributed by atoms with Crippen LogP contribution in [0.2, 0.25) is 0 Å². The molecule has 0 fully saturated rings. The monoisotopic (exact) mass is 239 g/mol. The Hall–Kier alpha value is -1.13. The summed E-state index contributed by atoms with van der Waals surface area (Å²) >= 11 is 0. The molecular weight excluding hydrogens is 218 g/mol. The van der Waals surface area contributed by atoms with E-state index in [2.05, 4.69) is 26.1 Å². The van der Waals surface area contributed by atoms with Crippen molar-refractivity contribution in [1.82, 2.24) is 5.32 Å². The van der Waals surface area contributed by atoms with Gasteiger partial charge in [0.2, 0.25) is 0 Å². The molecule has 1 unspecified atom stereocenters. The molecule has 0 aliphatic carbocycles. The minimum atomic E-state index is -0.0253. The molecule has 0 radical (unpaired) electrons. The molecule has 0 saturated carbocycles. The number of ketones is 1. The molecule has 0 amide bonds. The van der Waals surface area contributed by atoms with E-state index in [1.807, 2.05) is 0 Å². The fourth-order valence-corrected chi connectivity index (χ4v) is 1.56. The summed E-state index contributed by atoms with van der Waals surface area (Å²) in [7, 11) is 0. The normalized spacial score (nSPS) is 13.6. The fourth-order valence-electron chi connectivity index (χ4n) is 1.56. The fraction of sp³-hybridized carbons (Fsp3) is 0.615. The van der Waals surface area contributed by atoms with E-state index >= 15 is 0 Å². The Morgan fingerprint density at radius 2 is 2.24 bits per heavy atom. The molecule has 0 saturated heterocycles. The van der Waals surface area contributed by atoms with E-state index in [-0.39, 0.29) is 23.8 Å². The Labute approximate surface area is 102 Å². The Bertz CT molecular complexity index is 338. The average Bonchev–Trinajstić information content (AvgIpc) is 2.75. The molecule has 1 atom stereocenters. The SMILES string of the molecule is CC(C)(C)C(CO)NCCC(=O)c1ccco1. The first-order chi connectivity index (χ1) is 7.95. The summed E-state index contributed by atoms with van der Waals surface area (Å²) in [5.41, 5.74) is -0.0253. The first-order valence-electron chi connectivity index (χ1n) is 5.86. The van der Waals surface area contributed by atoms with E-state index < -0.39 is 0 Å². The van der Waals surface area contributed by atoms with Gasteiger partial charge < -0.3 is 14.8 Å². The lowest BCUT2D eigenvalue weighted by atomic mass is 9.87. The molecule has 4 nitrogen and oxygen atoms in total. The number of carbonyl (C=O) groups excluding carboxylic acids is 1. The van der Waals surface area contributed by atoms with E-state index in [9.17, 15) is 9.90 Å². The maximum Gasteiger partial charge on any atom is 0.199 e. The second-order valence-electron chi connectivity index (χ2n) is 5.21. The molecule has 96 valence electrons. The minimum Gasteiger partial charge on any atom is -0.461 e. The number of aliphatic hydroxyl groups is 1. The van der Waals surface area contributed by atoms with Crippen molar-refractivity contribution in [2.45, 2.75) is 33.2 Å². The Morgan fingerprint density at radius 1 is 1.53 bits per heavy atom. The second kappa shape index (κ2) is 5.98. The highest BCUT2D eigenvalue weighted by atomic mass is 16.3. The van der Waals surface area contributed by atoms with E-state index in [4.69, 9.17) is 4.42 Å². The van der Waals surface area contributed by atoms with Crippen LogP contribution in [0.5, 0.6) is 0 Å². The van der Waals surface area contributed by atoms with Crippen LogP contribution in [0.1, 0.15) is 37.7 Å². The van der Waals surface area contributed by atoms with E-state index in [0.29, 0.717) is 18.7 Å². The van der Waals surface area contributed by atoms with E-state index in [0.717, 1.165) is 0 Å². The van der Waals surface area contributed by atoms with Crippen molar-refractivity contribution in [3.8, 4) is 0 Å². The summed E-state index contributed by atoms with van der Waals surface area (Å²) < 4.78 is 5.02. The van der Waals surface area contributed by atoms with Crippen LogP contribution in [-0.2, 0) is 0 Å². The zero-order chi connectivity index (χ0) is 12.9. The van der Waals surface area contributed by atoms with Gasteiger partial charge in [-0.05, 0) is 17.5 Å². The third-order valence-corrected chi connectivity index (χ3v) is 2.77. The number of hydrogen-bond acceptors (Lipinski definition) is 4. The minimum absolute atomic E-state index is 0.00750. The largest absolute Gasteiger partial charge is 0.461 e. The van der Waals surface area contributed by atoms with E-state index in [1.165, 1.54) is 6.26 Å². The third kappa shape index (κ3) is 4.32. The van der Waals surface area contributed by atoms with Crippen molar-refractivity contribution in [2.75, 3.05) is 13.2 Å². The molecule has 1 heterocycles. The quantitative estimate of drug-likeness (QED) is 0.744. The van der Waals surface area contributed by atoms with Gasteiger partial charge in [0.05, 0.1) is 12.9 Å². The van der Waals surface area contributed by atoms with Crippen molar-refractivity contribution in [2.24, 2.45) is 5.41 Å². The Morgan fingerprint density at radius 3 is 2.71 bits per heavy atom. The predicted octanol–water partition coefficient (Wildman–Crippen LogP) is 1.85. The van der Waals surface area contributed by atoms with Gasteiger partial charge in [0, 0.05) is 19.0 Å². The van der Waals surface area contributed by atoms with Crippen LogP contribution in [0, 0.1) is 5.41 Å². The van der Waals surface area contributed by atoms with Gasteiger partial charge in [0.1, 0.15) is 0 Å². The van der Waals surface area contributed by atoms with Gasteiger partial charge in [-0.15, -0.1) is 0 Å². The van der Waals surface area contributed by atoms with Crippen molar-refractivity contribution in [1.29, 1.82) is 0 Å². The molecule has 0 spiro atoms. The lowest BCUT2D eigenvalue weighted by Crippen LogP contribution is -2.43. The topological polar surface area (TPSA) is 62.5 Å². The lowest BCUT2D eigenvalue weighted by molar-refractivity contribution is 0.0946. The summed E-state index contributed by atoms with van der Waals surface area (Å²) in [5.74, 6) is 0.371. The van der Waals surface area contributed by atoms with Gasteiger partial charge >= 0.3 is 0 Å². The number of furan rings is 1. The van der Waals surface area contributed by atoms with Crippen LogP contribution in [0.3, 0.4) is 0 Å². The van der Waals surface area contributed by atoms with Gasteiger partial charge in [-0.25, -0.2) is 0 Å². The van der Waals surface area contributed by atoms with Crippen LogP contribution >= 0.6 is 0 Å². The van der Waals surface area contributed by atoms with Crippen molar-refractivity contribution in [3.63, 3.8) is 0 Å². The standard InChI is InChI=1S/C13H21NO3/c1-13(2,3)12(9-15)14-7-6-10(16)11-5-4-8-17-11/h4-5,8,12,14-15H,6-7,9H2,1-3H3. The molecule has 4 heteroatoms. The van der Waals surface area contributed by atoms with Crippen LogP contribution in [0.4, 0.5) is 0 Å². The van der Waals surface area contributed by atoms with Gasteiger partial charge in [0.25, 0.3) is 0 Å². The van der Waals surface area contributed by atoms with Gasteiger partial charge in [-0.3, -0.25) is 4.79 Å². The van der Waals surface area contributed by atoms with Crippen molar-refractivity contribution < 1.29 is 14.3 Å². The lowest BCUT2D eigenvalue weighted by Gasteiger charge is -2.29. The van der Waals surface area contributed by atoms with Crippen LogP contribution < -0.4 is 5.32 Å². The molecule has 1 aromatic heterocycles. The number of nitrogens with one attached hydrogen (secondary N) is 1. The molecule has 1 aromatic rings. The van der Waals surface area contributed by atoms with Crippen LogP contribution in [0.25, 0.3) is 0 Å². The molecular formula is C13H21NO3. The maximum atomic E-state index is 11.6. The summed E-state index contributed by atoms with van der Waals surface area (Å²) in [4.78, 5) is 11.6. The zero-order valence-electron chi connectivity index (χ0n) is 10.7. The molecule has 0 aliphatic heterocycles. The molecule has 1 rings (SSSR count).